The highest BCUT2D eigenvalue weighted by molar-refractivity contribution is 9.10. The van der Waals surface area contributed by atoms with Crippen LogP contribution in [0.15, 0.2) is 22.7 Å². The standard InChI is InChI=1S/C14H18BrClN2/c1-2-3-4-5-8-18-13-9-11(15)6-7-12(13)17-14(18)10-16/h6-7,9H,2-5,8,10H2,1H3. The third-order valence-corrected chi connectivity index (χ3v) is 3.88. The van der Waals surface area contributed by atoms with Gasteiger partial charge in [0.25, 0.3) is 0 Å². The normalized spacial score (nSPS) is 11.3. The minimum atomic E-state index is 0.472. The van der Waals surface area contributed by atoms with Gasteiger partial charge in [0, 0.05) is 11.0 Å². The Hall–Kier alpha value is -0.540. The molecule has 0 radical (unpaired) electrons. The number of imidazole rings is 1. The Morgan fingerprint density at radius 3 is 2.83 bits per heavy atom. The van der Waals surface area contributed by atoms with Crippen LogP contribution in [0.5, 0.6) is 0 Å². The molecule has 0 unspecified atom stereocenters. The van der Waals surface area contributed by atoms with Crippen LogP contribution in [0.1, 0.15) is 38.4 Å². The summed E-state index contributed by atoms with van der Waals surface area (Å²) in [5.41, 5.74) is 2.21. The van der Waals surface area contributed by atoms with Crippen LogP contribution in [0.4, 0.5) is 0 Å². The first kappa shape index (κ1) is 13.9. The van der Waals surface area contributed by atoms with Gasteiger partial charge in [-0.25, -0.2) is 4.98 Å². The SMILES string of the molecule is CCCCCCn1c(CCl)nc2ccc(Br)cc21. The van der Waals surface area contributed by atoms with Gasteiger partial charge in [-0.3, -0.25) is 0 Å². The summed E-state index contributed by atoms with van der Waals surface area (Å²) in [6.45, 7) is 3.24. The van der Waals surface area contributed by atoms with E-state index in [-0.39, 0.29) is 0 Å². The number of rotatable bonds is 6. The molecule has 0 aliphatic rings. The molecule has 0 N–H and O–H groups in total. The van der Waals surface area contributed by atoms with Crippen molar-refractivity contribution in [2.75, 3.05) is 0 Å². The quantitative estimate of drug-likeness (QED) is 0.531. The summed E-state index contributed by atoms with van der Waals surface area (Å²) in [5, 5.41) is 0. The predicted molar refractivity (Wildman–Crippen MR) is 81.1 cm³/mol. The highest BCUT2D eigenvalue weighted by Crippen LogP contribution is 2.22. The molecule has 0 aliphatic heterocycles. The van der Waals surface area contributed by atoms with Crippen molar-refractivity contribution in [1.82, 2.24) is 9.55 Å². The Bertz CT molecular complexity index is 522. The van der Waals surface area contributed by atoms with Gasteiger partial charge in [-0.05, 0) is 24.6 Å². The molecule has 0 saturated carbocycles. The van der Waals surface area contributed by atoms with Crippen molar-refractivity contribution >= 4 is 38.6 Å². The fourth-order valence-corrected chi connectivity index (χ4v) is 2.75. The molecule has 4 heteroatoms. The summed E-state index contributed by atoms with van der Waals surface area (Å²) in [4.78, 5) is 4.58. The second kappa shape index (κ2) is 6.58. The van der Waals surface area contributed by atoms with E-state index in [1.165, 1.54) is 31.2 Å². The summed E-state index contributed by atoms with van der Waals surface area (Å²) in [7, 11) is 0. The van der Waals surface area contributed by atoms with E-state index >= 15 is 0 Å². The summed E-state index contributed by atoms with van der Waals surface area (Å²) in [6, 6.07) is 6.19. The lowest BCUT2D eigenvalue weighted by molar-refractivity contribution is 0.581. The molecule has 0 fully saturated rings. The smallest absolute Gasteiger partial charge is 0.124 e. The molecule has 2 nitrogen and oxygen atoms in total. The van der Waals surface area contributed by atoms with E-state index < -0.39 is 0 Å². The average Bonchev–Trinajstić information content (AvgIpc) is 2.72. The van der Waals surface area contributed by atoms with Crippen molar-refractivity contribution in [2.45, 2.75) is 45.0 Å². The lowest BCUT2D eigenvalue weighted by Crippen LogP contribution is -2.02. The number of benzene rings is 1. The third-order valence-electron chi connectivity index (χ3n) is 3.14. The van der Waals surface area contributed by atoms with Crippen LogP contribution < -0.4 is 0 Å². The van der Waals surface area contributed by atoms with E-state index in [2.05, 4.69) is 38.5 Å². The zero-order valence-electron chi connectivity index (χ0n) is 10.6. The van der Waals surface area contributed by atoms with Gasteiger partial charge in [-0.2, -0.15) is 0 Å². The first-order valence-electron chi connectivity index (χ1n) is 6.47. The summed E-state index contributed by atoms with van der Waals surface area (Å²) < 4.78 is 3.34. The number of aromatic nitrogens is 2. The zero-order valence-corrected chi connectivity index (χ0v) is 13.0. The Balaban J connectivity index is 2.25. The summed E-state index contributed by atoms with van der Waals surface area (Å²) >= 11 is 9.51. The van der Waals surface area contributed by atoms with Crippen molar-refractivity contribution in [3.05, 3.63) is 28.5 Å². The molecule has 1 aromatic carbocycles. The average molecular weight is 330 g/mol. The van der Waals surface area contributed by atoms with Crippen molar-refractivity contribution in [2.24, 2.45) is 0 Å². The molecule has 1 heterocycles. The van der Waals surface area contributed by atoms with E-state index in [9.17, 15) is 0 Å². The van der Waals surface area contributed by atoms with Crippen molar-refractivity contribution < 1.29 is 0 Å². The Labute approximate surface area is 121 Å². The topological polar surface area (TPSA) is 17.8 Å². The maximum Gasteiger partial charge on any atom is 0.124 e. The monoisotopic (exact) mass is 328 g/mol. The van der Waals surface area contributed by atoms with Crippen LogP contribution >= 0.6 is 27.5 Å². The largest absolute Gasteiger partial charge is 0.327 e. The minimum absolute atomic E-state index is 0.472. The highest BCUT2D eigenvalue weighted by Gasteiger charge is 2.09. The van der Waals surface area contributed by atoms with Crippen LogP contribution in [0.2, 0.25) is 0 Å². The van der Waals surface area contributed by atoms with E-state index in [0.29, 0.717) is 5.88 Å². The first-order valence-corrected chi connectivity index (χ1v) is 7.79. The molecule has 0 amide bonds. The fourth-order valence-electron chi connectivity index (χ4n) is 2.19. The van der Waals surface area contributed by atoms with Crippen molar-refractivity contribution in [3.63, 3.8) is 0 Å². The van der Waals surface area contributed by atoms with Crippen LogP contribution in [-0.4, -0.2) is 9.55 Å². The Kier molecular flexibility index (Phi) is 5.07. The molecule has 1 aromatic heterocycles. The molecule has 0 atom stereocenters. The molecule has 2 aromatic rings. The molecule has 0 spiro atoms. The van der Waals surface area contributed by atoms with Gasteiger partial charge in [-0.15, -0.1) is 11.6 Å². The lowest BCUT2D eigenvalue weighted by Gasteiger charge is -2.07. The number of unbranched alkanes of at least 4 members (excludes halogenated alkanes) is 3. The number of alkyl halides is 1. The number of hydrogen-bond donors (Lipinski definition) is 0. The lowest BCUT2D eigenvalue weighted by atomic mass is 10.2. The van der Waals surface area contributed by atoms with Gasteiger partial charge in [0.15, 0.2) is 0 Å². The van der Waals surface area contributed by atoms with Gasteiger partial charge < -0.3 is 4.57 Å². The molecule has 2 rings (SSSR count). The van der Waals surface area contributed by atoms with E-state index in [4.69, 9.17) is 11.6 Å². The second-order valence-electron chi connectivity index (χ2n) is 4.51. The van der Waals surface area contributed by atoms with Crippen LogP contribution in [0.3, 0.4) is 0 Å². The van der Waals surface area contributed by atoms with Gasteiger partial charge in [-0.1, -0.05) is 42.1 Å². The molecular weight excluding hydrogens is 312 g/mol. The van der Waals surface area contributed by atoms with Crippen LogP contribution in [-0.2, 0) is 12.4 Å². The molecule has 0 aliphatic carbocycles. The fraction of sp³-hybridized carbons (Fsp3) is 0.500. The number of halogens is 2. The van der Waals surface area contributed by atoms with E-state index in [1.54, 1.807) is 0 Å². The number of aryl methyl sites for hydroxylation is 1. The van der Waals surface area contributed by atoms with Gasteiger partial charge in [0.1, 0.15) is 5.82 Å². The predicted octanol–water partition coefficient (Wildman–Crippen LogP) is 5.12. The second-order valence-corrected chi connectivity index (χ2v) is 5.69. The molecule has 18 heavy (non-hydrogen) atoms. The molecule has 98 valence electrons. The van der Waals surface area contributed by atoms with E-state index in [1.807, 2.05) is 12.1 Å². The van der Waals surface area contributed by atoms with Gasteiger partial charge in [0.2, 0.25) is 0 Å². The zero-order chi connectivity index (χ0) is 13.0. The third kappa shape index (κ3) is 3.07. The molecular formula is C14H18BrClN2. The number of nitrogens with zero attached hydrogens (tertiary/aromatic N) is 2. The molecule has 0 saturated heterocycles. The minimum Gasteiger partial charge on any atom is -0.327 e. The molecule has 0 bridgehead atoms. The maximum absolute atomic E-state index is 5.99. The van der Waals surface area contributed by atoms with E-state index in [0.717, 1.165) is 22.4 Å². The van der Waals surface area contributed by atoms with Crippen molar-refractivity contribution in [1.29, 1.82) is 0 Å². The Morgan fingerprint density at radius 1 is 1.28 bits per heavy atom. The van der Waals surface area contributed by atoms with Gasteiger partial charge in [0.05, 0.1) is 16.9 Å². The van der Waals surface area contributed by atoms with Gasteiger partial charge >= 0.3 is 0 Å². The first-order chi connectivity index (χ1) is 8.76. The van der Waals surface area contributed by atoms with Crippen molar-refractivity contribution in [3.8, 4) is 0 Å². The maximum atomic E-state index is 5.99. The van der Waals surface area contributed by atoms with Crippen LogP contribution in [0, 0.1) is 0 Å². The highest BCUT2D eigenvalue weighted by atomic mass is 79.9. The number of hydrogen-bond acceptors (Lipinski definition) is 1. The summed E-state index contributed by atoms with van der Waals surface area (Å²) in [5.74, 6) is 1.45. The van der Waals surface area contributed by atoms with Crippen LogP contribution in [0.25, 0.3) is 11.0 Å². The number of fused-ring (bicyclic) bond motifs is 1. The Morgan fingerprint density at radius 2 is 2.11 bits per heavy atom. The summed E-state index contributed by atoms with van der Waals surface area (Å²) in [6.07, 6.45) is 5.02.